The highest BCUT2D eigenvalue weighted by Crippen LogP contribution is 2.08. The maximum absolute atomic E-state index is 10.9. The molecular weight excluding hydrogens is 228 g/mol. The summed E-state index contributed by atoms with van der Waals surface area (Å²) in [5.74, 6) is 0.594. The van der Waals surface area contributed by atoms with Crippen LogP contribution in [0.25, 0.3) is 0 Å². The number of anilines is 1. The maximum atomic E-state index is 10.9. The Hall–Kier alpha value is -2.30. The van der Waals surface area contributed by atoms with E-state index in [4.69, 9.17) is 5.73 Å². The first-order chi connectivity index (χ1) is 8.66. The van der Waals surface area contributed by atoms with E-state index >= 15 is 0 Å². The van der Waals surface area contributed by atoms with Crippen molar-refractivity contribution in [2.75, 3.05) is 11.9 Å². The predicted molar refractivity (Wildman–Crippen MR) is 70.4 cm³/mol. The summed E-state index contributed by atoms with van der Waals surface area (Å²) in [5, 5.41) is 3.28. The second-order valence-electron chi connectivity index (χ2n) is 4.04. The largest absolute Gasteiger partial charge is 0.383 e. The number of benzene rings is 1. The van der Waals surface area contributed by atoms with E-state index in [2.05, 4.69) is 14.9 Å². The smallest absolute Gasteiger partial charge is 0.248 e. The van der Waals surface area contributed by atoms with Gasteiger partial charge in [0.2, 0.25) is 5.91 Å². The summed E-state index contributed by atoms with van der Waals surface area (Å²) in [6, 6.07) is 7.13. The molecule has 0 bridgehead atoms. The van der Waals surface area contributed by atoms with Gasteiger partial charge in [0, 0.05) is 36.7 Å². The topological polar surface area (TPSA) is 72.9 Å². The van der Waals surface area contributed by atoms with E-state index in [-0.39, 0.29) is 0 Å². The summed E-state index contributed by atoms with van der Waals surface area (Å²) in [5.41, 5.74) is 6.66. The summed E-state index contributed by atoms with van der Waals surface area (Å²) >= 11 is 0. The van der Waals surface area contributed by atoms with Gasteiger partial charge in [-0.3, -0.25) is 4.79 Å². The number of carbonyl (C=O) groups is 1. The number of primary amides is 1. The van der Waals surface area contributed by atoms with Gasteiger partial charge in [-0.2, -0.15) is 0 Å². The fourth-order valence-corrected chi connectivity index (χ4v) is 1.71. The number of aromatic nitrogens is 2. The highest BCUT2D eigenvalue weighted by molar-refractivity contribution is 5.93. The van der Waals surface area contributed by atoms with Crippen LogP contribution in [-0.4, -0.2) is 22.0 Å². The van der Waals surface area contributed by atoms with Crippen LogP contribution in [0, 0.1) is 6.92 Å². The van der Waals surface area contributed by atoms with Gasteiger partial charge < -0.3 is 15.6 Å². The minimum atomic E-state index is -0.407. The van der Waals surface area contributed by atoms with E-state index in [1.807, 2.05) is 25.3 Å². The Bertz CT molecular complexity index is 530. The first-order valence-electron chi connectivity index (χ1n) is 5.78. The predicted octanol–water partition coefficient (Wildman–Crippen LogP) is 1.40. The number of nitrogens with one attached hydrogen (secondary N) is 1. The van der Waals surface area contributed by atoms with Crippen LogP contribution in [0.15, 0.2) is 36.7 Å². The zero-order valence-electron chi connectivity index (χ0n) is 10.3. The van der Waals surface area contributed by atoms with Gasteiger partial charge in [-0.05, 0) is 31.2 Å². The van der Waals surface area contributed by atoms with Crippen molar-refractivity contribution in [3.05, 3.63) is 48.0 Å². The molecule has 1 heterocycles. The van der Waals surface area contributed by atoms with Crippen LogP contribution >= 0.6 is 0 Å². The molecule has 18 heavy (non-hydrogen) atoms. The van der Waals surface area contributed by atoms with Gasteiger partial charge in [-0.1, -0.05) is 0 Å². The molecule has 1 aromatic heterocycles. The lowest BCUT2D eigenvalue weighted by Crippen LogP contribution is -2.12. The van der Waals surface area contributed by atoms with Crippen LogP contribution in [0.2, 0.25) is 0 Å². The van der Waals surface area contributed by atoms with Gasteiger partial charge in [0.1, 0.15) is 5.82 Å². The van der Waals surface area contributed by atoms with E-state index < -0.39 is 5.91 Å². The van der Waals surface area contributed by atoms with Crippen molar-refractivity contribution < 1.29 is 4.79 Å². The summed E-state index contributed by atoms with van der Waals surface area (Å²) in [7, 11) is 0. The number of nitrogens with two attached hydrogens (primary N) is 1. The molecule has 5 heteroatoms. The van der Waals surface area contributed by atoms with E-state index in [1.165, 1.54) is 0 Å². The first kappa shape index (κ1) is 12.2. The second-order valence-corrected chi connectivity index (χ2v) is 4.04. The Morgan fingerprint density at radius 1 is 1.39 bits per heavy atom. The number of rotatable bonds is 5. The van der Waals surface area contributed by atoms with Crippen LogP contribution in [0.1, 0.15) is 16.2 Å². The lowest BCUT2D eigenvalue weighted by molar-refractivity contribution is 0.100. The molecule has 0 spiro atoms. The molecular formula is C13H16N4O. The third-order valence-electron chi connectivity index (χ3n) is 2.77. The molecule has 0 saturated carbocycles. The summed E-state index contributed by atoms with van der Waals surface area (Å²) < 4.78 is 2.07. The molecule has 0 fully saturated rings. The Morgan fingerprint density at radius 3 is 2.67 bits per heavy atom. The van der Waals surface area contributed by atoms with Gasteiger partial charge in [0.15, 0.2) is 0 Å². The van der Waals surface area contributed by atoms with E-state index in [0.717, 1.165) is 24.6 Å². The number of imidazole rings is 1. The van der Waals surface area contributed by atoms with Gasteiger partial charge in [-0.15, -0.1) is 0 Å². The summed E-state index contributed by atoms with van der Waals surface area (Å²) in [6.07, 6.45) is 3.74. The molecule has 1 amide bonds. The highest BCUT2D eigenvalue weighted by atomic mass is 16.1. The molecule has 0 radical (unpaired) electrons. The van der Waals surface area contributed by atoms with Gasteiger partial charge in [0.05, 0.1) is 0 Å². The Labute approximate surface area is 106 Å². The molecule has 0 unspecified atom stereocenters. The minimum absolute atomic E-state index is 0.407. The fraction of sp³-hybridized carbons (Fsp3) is 0.231. The van der Waals surface area contributed by atoms with E-state index in [0.29, 0.717) is 5.56 Å². The zero-order chi connectivity index (χ0) is 13.0. The van der Waals surface area contributed by atoms with Gasteiger partial charge in [-0.25, -0.2) is 4.98 Å². The molecule has 0 aliphatic heterocycles. The molecule has 2 aromatic rings. The van der Waals surface area contributed by atoms with Crippen molar-refractivity contribution >= 4 is 11.6 Å². The number of hydrogen-bond donors (Lipinski definition) is 2. The lowest BCUT2D eigenvalue weighted by Gasteiger charge is -2.08. The number of nitrogens with zero attached hydrogens (tertiary/aromatic N) is 2. The normalized spacial score (nSPS) is 10.3. The van der Waals surface area contributed by atoms with E-state index in [9.17, 15) is 4.79 Å². The molecule has 2 rings (SSSR count). The van der Waals surface area contributed by atoms with Crippen LogP contribution in [0.5, 0.6) is 0 Å². The van der Waals surface area contributed by atoms with Crippen molar-refractivity contribution in [1.82, 2.24) is 9.55 Å². The van der Waals surface area contributed by atoms with Crippen molar-refractivity contribution in [3.63, 3.8) is 0 Å². The van der Waals surface area contributed by atoms with Gasteiger partial charge >= 0.3 is 0 Å². The van der Waals surface area contributed by atoms with Crippen molar-refractivity contribution in [2.24, 2.45) is 5.73 Å². The van der Waals surface area contributed by atoms with Crippen LogP contribution in [0.3, 0.4) is 0 Å². The molecule has 1 aromatic carbocycles. The third kappa shape index (κ3) is 2.88. The summed E-state index contributed by atoms with van der Waals surface area (Å²) in [6.45, 7) is 3.62. The molecule has 3 N–H and O–H groups in total. The average molecular weight is 244 g/mol. The quantitative estimate of drug-likeness (QED) is 0.835. The molecule has 94 valence electrons. The minimum Gasteiger partial charge on any atom is -0.383 e. The Kier molecular flexibility index (Phi) is 3.62. The monoisotopic (exact) mass is 244 g/mol. The van der Waals surface area contributed by atoms with Crippen LogP contribution in [-0.2, 0) is 6.54 Å². The second kappa shape index (κ2) is 5.35. The Morgan fingerprint density at radius 2 is 2.11 bits per heavy atom. The summed E-state index contributed by atoms with van der Waals surface area (Å²) in [4.78, 5) is 15.1. The van der Waals surface area contributed by atoms with Crippen molar-refractivity contribution in [2.45, 2.75) is 13.5 Å². The fourth-order valence-electron chi connectivity index (χ4n) is 1.71. The zero-order valence-corrected chi connectivity index (χ0v) is 10.3. The van der Waals surface area contributed by atoms with Gasteiger partial charge in [0.25, 0.3) is 0 Å². The number of aryl methyl sites for hydroxylation is 1. The van der Waals surface area contributed by atoms with Crippen LogP contribution in [0.4, 0.5) is 5.69 Å². The number of amides is 1. The molecule has 0 saturated heterocycles. The first-order valence-corrected chi connectivity index (χ1v) is 5.78. The standard InChI is InChI=1S/C13H16N4O/c1-10-15-6-8-17(10)9-7-16-12-4-2-11(3-5-12)13(14)18/h2-6,8,16H,7,9H2,1H3,(H2,14,18). The number of hydrogen-bond acceptors (Lipinski definition) is 3. The number of carbonyl (C=O) groups excluding carboxylic acids is 1. The van der Waals surface area contributed by atoms with Crippen LogP contribution < -0.4 is 11.1 Å². The van der Waals surface area contributed by atoms with Crippen molar-refractivity contribution in [3.8, 4) is 0 Å². The highest BCUT2D eigenvalue weighted by Gasteiger charge is 2.00. The maximum Gasteiger partial charge on any atom is 0.248 e. The molecule has 5 nitrogen and oxygen atoms in total. The SMILES string of the molecule is Cc1nccn1CCNc1ccc(C(N)=O)cc1. The average Bonchev–Trinajstić information content (AvgIpc) is 2.76. The Balaban J connectivity index is 1.87. The third-order valence-corrected chi connectivity index (χ3v) is 2.77. The lowest BCUT2D eigenvalue weighted by atomic mass is 10.2. The molecule has 0 aliphatic rings. The molecule has 0 aliphatic carbocycles. The molecule has 0 atom stereocenters. The van der Waals surface area contributed by atoms with Crippen molar-refractivity contribution in [1.29, 1.82) is 0 Å². The van der Waals surface area contributed by atoms with E-state index in [1.54, 1.807) is 18.3 Å².